The Kier molecular flexibility index (Phi) is 4.31. The van der Waals surface area contributed by atoms with E-state index in [-0.39, 0.29) is 24.5 Å². The molecule has 0 radical (unpaired) electrons. The monoisotopic (exact) mass is 444 g/mol. The minimum absolute atomic E-state index is 0.0560. The largest absolute Gasteiger partial charge is 0.495 e. The van der Waals surface area contributed by atoms with Crippen molar-refractivity contribution in [2.24, 2.45) is 11.3 Å². The number of rotatable bonds is 2. The minimum atomic E-state index is -1.22. The summed E-state index contributed by atoms with van der Waals surface area (Å²) in [6.07, 6.45) is 2.66. The highest BCUT2D eigenvalue weighted by molar-refractivity contribution is 5.98. The molecule has 4 aliphatic rings. The maximum Gasteiger partial charge on any atom is 0.342 e. The smallest absolute Gasteiger partial charge is 0.342 e. The van der Waals surface area contributed by atoms with Gasteiger partial charge in [-0.15, -0.1) is 0 Å². The Hall–Kier alpha value is -2.28. The van der Waals surface area contributed by atoms with Crippen molar-refractivity contribution in [1.29, 1.82) is 0 Å². The van der Waals surface area contributed by atoms with Crippen molar-refractivity contribution in [1.82, 2.24) is 0 Å². The van der Waals surface area contributed by atoms with Crippen molar-refractivity contribution < 1.29 is 33.6 Å². The summed E-state index contributed by atoms with van der Waals surface area (Å²) in [6, 6.07) is 0. The molecular weight excluding hydrogens is 412 g/mol. The van der Waals surface area contributed by atoms with Crippen LogP contribution in [0.25, 0.3) is 0 Å². The molecule has 1 N–H and O–H groups in total. The standard InChI is InChI=1S/C25H32O7/c1-13-15-12-30-21(27)18(15)20(29-6)14-11-16-23(4)8-7-17(26)31-25(23,22(2,3)28)10-9-24(16,5)32-19(13)14/h16,28H,7-12H2,1-6H3/t16-,23-,24+,25-/m1/s1. The Bertz CT molecular complexity index is 1040. The number of hydrogen-bond acceptors (Lipinski definition) is 7. The fourth-order valence-electron chi connectivity index (χ4n) is 7.22. The first-order valence-electron chi connectivity index (χ1n) is 11.4. The van der Waals surface area contributed by atoms with Gasteiger partial charge in [-0.3, -0.25) is 4.79 Å². The van der Waals surface area contributed by atoms with E-state index >= 15 is 0 Å². The number of esters is 2. The second kappa shape index (κ2) is 6.40. The van der Waals surface area contributed by atoms with Crippen molar-refractivity contribution in [2.45, 2.75) is 90.1 Å². The van der Waals surface area contributed by atoms with Crippen LogP contribution < -0.4 is 9.47 Å². The van der Waals surface area contributed by atoms with Gasteiger partial charge in [0.15, 0.2) is 0 Å². The second-order valence-corrected chi connectivity index (χ2v) is 10.8. The maximum absolute atomic E-state index is 12.5. The van der Waals surface area contributed by atoms with Gasteiger partial charge in [-0.25, -0.2) is 4.79 Å². The van der Waals surface area contributed by atoms with Gasteiger partial charge in [0, 0.05) is 28.9 Å². The van der Waals surface area contributed by atoms with Crippen LogP contribution in [0.5, 0.6) is 11.5 Å². The Morgan fingerprint density at radius 1 is 1.09 bits per heavy atom. The molecule has 1 saturated carbocycles. The molecule has 0 aromatic heterocycles. The molecular formula is C25H32O7. The first kappa shape index (κ1) is 21.6. The van der Waals surface area contributed by atoms with Crippen LogP contribution in [-0.2, 0) is 27.3 Å². The zero-order valence-corrected chi connectivity index (χ0v) is 19.7. The van der Waals surface area contributed by atoms with Crippen molar-refractivity contribution in [3.05, 3.63) is 22.3 Å². The number of aliphatic hydroxyl groups is 1. The molecule has 0 bridgehead atoms. The Labute approximate surface area is 188 Å². The number of hydrogen-bond donors (Lipinski definition) is 1. The molecule has 4 atom stereocenters. The summed E-state index contributed by atoms with van der Waals surface area (Å²) in [5.74, 6) is 0.591. The fraction of sp³-hybridized carbons (Fsp3) is 0.680. The number of benzene rings is 1. The van der Waals surface area contributed by atoms with Gasteiger partial charge < -0.3 is 24.1 Å². The van der Waals surface area contributed by atoms with Crippen LogP contribution in [-0.4, -0.2) is 41.0 Å². The first-order valence-corrected chi connectivity index (χ1v) is 11.4. The zero-order chi connectivity index (χ0) is 23.3. The predicted molar refractivity (Wildman–Crippen MR) is 115 cm³/mol. The van der Waals surface area contributed by atoms with Crippen LogP contribution in [0.2, 0.25) is 0 Å². The van der Waals surface area contributed by atoms with E-state index in [1.165, 1.54) is 0 Å². The molecule has 1 aliphatic carbocycles. The molecule has 3 heterocycles. The van der Waals surface area contributed by atoms with Gasteiger partial charge in [0.2, 0.25) is 0 Å². The van der Waals surface area contributed by atoms with Crippen molar-refractivity contribution >= 4 is 11.9 Å². The molecule has 7 heteroatoms. The Morgan fingerprint density at radius 2 is 1.81 bits per heavy atom. The number of cyclic esters (lactones) is 1. The number of carbonyl (C=O) groups is 2. The molecule has 32 heavy (non-hydrogen) atoms. The molecule has 7 nitrogen and oxygen atoms in total. The summed E-state index contributed by atoms with van der Waals surface area (Å²) in [6.45, 7) is 9.90. The van der Waals surface area contributed by atoms with Gasteiger partial charge in [-0.05, 0) is 58.9 Å². The number of fused-ring (bicyclic) bond motifs is 5. The predicted octanol–water partition coefficient (Wildman–Crippen LogP) is 3.63. The van der Waals surface area contributed by atoms with Gasteiger partial charge in [0.25, 0.3) is 0 Å². The fourth-order valence-corrected chi connectivity index (χ4v) is 7.22. The highest BCUT2D eigenvalue weighted by Gasteiger charge is 2.71. The molecule has 3 aliphatic heterocycles. The summed E-state index contributed by atoms with van der Waals surface area (Å²) in [7, 11) is 1.57. The lowest BCUT2D eigenvalue weighted by Crippen LogP contribution is -2.74. The summed E-state index contributed by atoms with van der Waals surface area (Å²) in [5.41, 5.74) is -0.182. The summed E-state index contributed by atoms with van der Waals surface area (Å²) in [5, 5.41) is 11.3. The van der Waals surface area contributed by atoms with Crippen molar-refractivity contribution in [3.63, 3.8) is 0 Å². The van der Waals surface area contributed by atoms with Gasteiger partial charge in [0.05, 0.1) is 12.7 Å². The summed E-state index contributed by atoms with van der Waals surface area (Å²) in [4.78, 5) is 24.9. The molecule has 0 amide bonds. The van der Waals surface area contributed by atoms with Crippen molar-refractivity contribution in [3.8, 4) is 11.5 Å². The van der Waals surface area contributed by atoms with Crippen LogP contribution in [0.3, 0.4) is 0 Å². The van der Waals surface area contributed by atoms with E-state index in [2.05, 4.69) is 13.8 Å². The topological polar surface area (TPSA) is 91.3 Å². The number of ether oxygens (including phenoxy) is 4. The van der Waals surface area contributed by atoms with E-state index in [1.54, 1.807) is 21.0 Å². The second-order valence-electron chi connectivity index (χ2n) is 10.8. The zero-order valence-electron chi connectivity index (χ0n) is 19.7. The Balaban J connectivity index is 1.71. The molecule has 2 fully saturated rings. The van der Waals surface area contributed by atoms with Gasteiger partial charge in [-0.2, -0.15) is 0 Å². The van der Waals surface area contributed by atoms with E-state index in [1.807, 2.05) is 6.92 Å². The molecule has 1 aromatic carbocycles. The van der Waals surface area contributed by atoms with Crippen LogP contribution in [0.15, 0.2) is 0 Å². The lowest BCUT2D eigenvalue weighted by molar-refractivity contribution is -0.289. The van der Waals surface area contributed by atoms with Crippen LogP contribution in [0, 0.1) is 18.3 Å². The molecule has 1 saturated heterocycles. The lowest BCUT2D eigenvalue weighted by Gasteiger charge is -2.66. The van der Waals surface area contributed by atoms with E-state index in [9.17, 15) is 14.7 Å². The third-order valence-electron chi connectivity index (χ3n) is 8.90. The van der Waals surface area contributed by atoms with E-state index in [4.69, 9.17) is 18.9 Å². The first-order chi connectivity index (χ1) is 14.9. The maximum atomic E-state index is 12.5. The summed E-state index contributed by atoms with van der Waals surface area (Å²) >= 11 is 0. The number of carbonyl (C=O) groups excluding carboxylic acids is 2. The highest BCUT2D eigenvalue weighted by Crippen LogP contribution is 2.65. The molecule has 0 spiro atoms. The average molecular weight is 445 g/mol. The molecule has 1 aromatic rings. The molecule has 0 unspecified atom stereocenters. The normalized spacial score (nSPS) is 35.5. The lowest BCUT2D eigenvalue weighted by atomic mass is 9.46. The minimum Gasteiger partial charge on any atom is -0.495 e. The van der Waals surface area contributed by atoms with Gasteiger partial charge in [-0.1, -0.05) is 6.92 Å². The van der Waals surface area contributed by atoms with Crippen LogP contribution in [0.1, 0.15) is 80.4 Å². The average Bonchev–Trinajstić information content (AvgIpc) is 3.10. The van der Waals surface area contributed by atoms with E-state index < -0.39 is 22.2 Å². The van der Waals surface area contributed by atoms with E-state index in [0.29, 0.717) is 43.4 Å². The third kappa shape index (κ3) is 2.46. The van der Waals surface area contributed by atoms with Gasteiger partial charge >= 0.3 is 11.9 Å². The summed E-state index contributed by atoms with van der Waals surface area (Å²) < 4.78 is 23.9. The Morgan fingerprint density at radius 3 is 2.47 bits per heavy atom. The SMILES string of the molecule is COc1c2c(c(C)c3c1C(=O)OC3)O[C@@]1(C)CC[C@]3(C(C)(C)O)OC(=O)CC[C@]3(C)[C@H]1C2. The van der Waals surface area contributed by atoms with Crippen molar-refractivity contribution in [2.75, 3.05) is 7.11 Å². The van der Waals surface area contributed by atoms with Crippen LogP contribution in [0.4, 0.5) is 0 Å². The van der Waals surface area contributed by atoms with Crippen LogP contribution >= 0.6 is 0 Å². The quantitative estimate of drug-likeness (QED) is 0.697. The van der Waals surface area contributed by atoms with Gasteiger partial charge in [0.1, 0.15) is 34.9 Å². The molecule has 174 valence electrons. The van der Waals surface area contributed by atoms with E-state index in [0.717, 1.165) is 22.4 Å². The number of methoxy groups -OCH3 is 1. The highest BCUT2D eigenvalue weighted by atomic mass is 16.6. The molecule has 5 rings (SSSR count). The third-order valence-corrected chi connectivity index (χ3v) is 8.90.